The number of rotatable bonds is 5. The highest BCUT2D eigenvalue weighted by Crippen LogP contribution is 2.22. The molecule has 3 rings (SSSR count). The number of anilines is 1. The van der Waals surface area contributed by atoms with Crippen molar-refractivity contribution < 1.29 is 9.53 Å². The van der Waals surface area contributed by atoms with E-state index in [0.717, 1.165) is 55.3 Å². The summed E-state index contributed by atoms with van der Waals surface area (Å²) < 4.78 is 5.61. The van der Waals surface area contributed by atoms with Crippen molar-refractivity contribution in [1.29, 1.82) is 0 Å². The van der Waals surface area contributed by atoms with Crippen LogP contribution in [0.1, 0.15) is 25.7 Å². The number of hydrogen-bond acceptors (Lipinski definition) is 3. The van der Waals surface area contributed by atoms with Gasteiger partial charge in [0.15, 0.2) is 0 Å². The maximum absolute atomic E-state index is 12.4. The maximum atomic E-state index is 12.4. The third kappa shape index (κ3) is 3.99. The van der Waals surface area contributed by atoms with Crippen LogP contribution in [0.3, 0.4) is 0 Å². The van der Waals surface area contributed by atoms with Gasteiger partial charge in [-0.15, -0.1) is 0 Å². The molecule has 1 saturated heterocycles. The van der Waals surface area contributed by atoms with Crippen molar-refractivity contribution in [2.24, 2.45) is 0 Å². The molecule has 0 saturated carbocycles. The second-order valence-electron chi connectivity index (χ2n) is 6.03. The molecule has 1 fully saturated rings. The molecule has 0 unspecified atom stereocenters. The SMILES string of the molecule is CN(CCC[C@H]1CCCO1)C(=O)Nc1cccc2cnccc12. The van der Waals surface area contributed by atoms with Crippen LogP contribution in [0.2, 0.25) is 0 Å². The summed E-state index contributed by atoms with van der Waals surface area (Å²) in [7, 11) is 1.83. The first-order valence-electron chi connectivity index (χ1n) is 8.20. The van der Waals surface area contributed by atoms with Crippen molar-refractivity contribution in [3.8, 4) is 0 Å². The van der Waals surface area contributed by atoms with E-state index in [-0.39, 0.29) is 6.03 Å². The van der Waals surface area contributed by atoms with Gasteiger partial charge in [-0.25, -0.2) is 4.79 Å². The Kier molecular flexibility index (Phi) is 5.08. The maximum Gasteiger partial charge on any atom is 0.321 e. The van der Waals surface area contributed by atoms with E-state index in [1.54, 1.807) is 17.3 Å². The first kappa shape index (κ1) is 15.7. The van der Waals surface area contributed by atoms with Gasteiger partial charge in [-0.3, -0.25) is 4.98 Å². The third-order valence-electron chi connectivity index (χ3n) is 4.31. The van der Waals surface area contributed by atoms with Crippen molar-refractivity contribution in [3.05, 3.63) is 36.7 Å². The molecule has 1 aromatic heterocycles. The predicted octanol–water partition coefficient (Wildman–Crippen LogP) is 3.66. The van der Waals surface area contributed by atoms with E-state index in [4.69, 9.17) is 4.74 Å². The number of ether oxygens (including phenoxy) is 1. The summed E-state index contributed by atoms with van der Waals surface area (Å²) in [4.78, 5) is 18.2. The molecular weight excluding hydrogens is 290 g/mol. The quantitative estimate of drug-likeness (QED) is 0.916. The third-order valence-corrected chi connectivity index (χ3v) is 4.31. The number of hydrogen-bond donors (Lipinski definition) is 1. The molecule has 1 atom stereocenters. The summed E-state index contributed by atoms with van der Waals surface area (Å²) in [6.07, 6.45) is 8.24. The van der Waals surface area contributed by atoms with Gasteiger partial charge in [0.05, 0.1) is 11.8 Å². The zero-order valence-corrected chi connectivity index (χ0v) is 13.5. The zero-order chi connectivity index (χ0) is 16.1. The number of nitrogens with one attached hydrogen (secondary N) is 1. The number of nitrogens with zero attached hydrogens (tertiary/aromatic N) is 2. The molecule has 1 aliphatic heterocycles. The van der Waals surface area contributed by atoms with Crippen LogP contribution < -0.4 is 5.32 Å². The van der Waals surface area contributed by atoms with E-state index in [0.29, 0.717) is 6.10 Å². The summed E-state index contributed by atoms with van der Waals surface area (Å²) in [5, 5.41) is 5.01. The molecule has 2 aromatic rings. The summed E-state index contributed by atoms with van der Waals surface area (Å²) in [5.74, 6) is 0. The summed E-state index contributed by atoms with van der Waals surface area (Å²) in [6, 6.07) is 7.67. The van der Waals surface area contributed by atoms with Crippen LogP contribution in [0, 0.1) is 0 Å². The highest BCUT2D eigenvalue weighted by atomic mass is 16.5. The fraction of sp³-hybridized carbons (Fsp3) is 0.444. The largest absolute Gasteiger partial charge is 0.378 e. The van der Waals surface area contributed by atoms with E-state index < -0.39 is 0 Å². The Bertz CT molecular complexity index is 663. The van der Waals surface area contributed by atoms with Crippen LogP contribution in [-0.4, -0.2) is 42.2 Å². The number of pyridine rings is 1. The number of amides is 2. The van der Waals surface area contributed by atoms with E-state index >= 15 is 0 Å². The van der Waals surface area contributed by atoms with Gasteiger partial charge < -0.3 is 15.0 Å². The molecule has 0 bridgehead atoms. The lowest BCUT2D eigenvalue weighted by molar-refractivity contribution is 0.101. The lowest BCUT2D eigenvalue weighted by atomic mass is 10.1. The zero-order valence-electron chi connectivity index (χ0n) is 13.5. The Morgan fingerprint density at radius 2 is 2.35 bits per heavy atom. The normalized spacial score (nSPS) is 17.3. The fourth-order valence-electron chi connectivity index (χ4n) is 2.97. The minimum absolute atomic E-state index is 0.0818. The number of fused-ring (bicyclic) bond motifs is 1. The first-order valence-corrected chi connectivity index (χ1v) is 8.20. The lowest BCUT2D eigenvalue weighted by Gasteiger charge is -2.19. The standard InChI is InChI=1S/C18H23N3O2/c1-21(11-3-6-15-7-4-12-23-15)18(22)20-17-8-2-5-14-13-19-10-9-16(14)17/h2,5,8-10,13,15H,3-4,6-7,11-12H2,1H3,(H,20,22)/t15-/m0/s1. The van der Waals surface area contributed by atoms with Crippen molar-refractivity contribution in [1.82, 2.24) is 9.88 Å². The Morgan fingerprint density at radius 3 is 3.17 bits per heavy atom. The number of benzene rings is 1. The van der Waals surface area contributed by atoms with Crippen molar-refractivity contribution in [2.75, 3.05) is 25.5 Å². The van der Waals surface area contributed by atoms with Crippen molar-refractivity contribution in [2.45, 2.75) is 31.8 Å². The Balaban J connectivity index is 1.54. The Labute approximate surface area is 136 Å². The van der Waals surface area contributed by atoms with Gasteiger partial charge in [-0.1, -0.05) is 12.1 Å². The van der Waals surface area contributed by atoms with Crippen molar-refractivity contribution >= 4 is 22.5 Å². The van der Waals surface area contributed by atoms with Crippen LogP contribution in [0.15, 0.2) is 36.7 Å². The fourth-order valence-corrected chi connectivity index (χ4v) is 2.97. The first-order chi connectivity index (χ1) is 11.2. The van der Waals surface area contributed by atoms with Gasteiger partial charge in [0.1, 0.15) is 0 Å². The molecule has 2 amide bonds. The van der Waals surface area contributed by atoms with E-state index in [1.165, 1.54) is 0 Å². The topological polar surface area (TPSA) is 54.5 Å². The second-order valence-corrected chi connectivity index (χ2v) is 6.03. The molecule has 0 spiro atoms. The van der Waals surface area contributed by atoms with Crippen LogP contribution >= 0.6 is 0 Å². The molecule has 0 aliphatic carbocycles. The minimum atomic E-state index is -0.0818. The number of aromatic nitrogens is 1. The van der Waals surface area contributed by atoms with Crippen LogP contribution in [-0.2, 0) is 4.74 Å². The molecule has 1 aromatic carbocycles. The Hall–Kier alpha value is -2.14. The van der Waals surface area contributed by atoms with Crippen molar-refractivity contribution in [3.63, 3.8) is 0 Å². The number of urea groups is 1. The molecule has 1 N–H and O–H groups in total. The molecule has 1 aliphatic rings. The van der Waals surface area contributed by atoms with Gasteiger partial charge in [0.25, 0.3) is 0 Å². The smallest absolute Gasteiger partial charge is 0.321 e. The predicted molar refractivity (Wildman–Crippen MR) is 91.6 cm³/mol. The number of carbonyl (C=O) groups excluding carboxylic acids is 1. The average molecular weight is 313 g/mol. The minimum Gasteiger partial charge on any atom is -0.378 e. The van der Waals surface area contributed by atoms with Crippen LogP contribution in [0.25, 0.3) is 10.8 Å². The average Bonchev–Trinajstić information content (AvgIpc) is 3.08. The van der Waals surface area contributed by atoms with Crippen LogP contribution in [0.5, 0.6) is 0 Å². The molecular formula is C18H23N3O2. The molecule has 122 valence electrons. The molecule has 23 heavy (non-hydrogen) atoms. The van der Waals surface area contributed by atoms with E-state index in [1.807, 2.05) is 31.3 Å². The van der Waals surface area contributed by atoms with Crippen LogP contribution in [0.4, 0.5) is 10.5 Å². The second kappa shape index (κ2) is 7.42. The Morgan fingerprint density at radius 1 is 1.43 bits per heavy atom. The van der Waals surface area contributed by atoms with Gasteiger partial charge in [-0.05, 0) is 37.8 Å². The monoisotopic (exact) mass is 313 g/mol. The number of carbonyl (C=O) groups is 1. The van der Waals surface area contributed by atoms with Gasteiger partial charge in [0.2, 0.25) is 0 Å². The lowest BCUT2D eigenvalue weighted by Crippen LogP contribution is -2.32. The molecule has 0 radical (unpaired) electrons. The molecule has 5 heteroatoms. The van der Waals surface area contributed by atoms with Gasteiger partial charge >= 0.3 is 6.03 Å². The highest BCUT2D eigenvalue weighted by molar-refractivity contribution is 6.01. The molecule has 2 heterocycles. The van der Waals surface area contributed by atoms with Gasteiger partial charge in [-0.2, -0.15) is 0 Å². The summed E-state index contributed by atoms with van der Waals surface area (Å²) >= 11 is 0. The highest BCUT2D eigenvalue weighted by Gasteiger charge is 2.16. The summed E-state index contributed by atoms with van der Waals surface area (Å²) in [5.41, 5.74) is 0.820. The van der Waals surface area contributed by atoms with E-state index in [2.05, 4.69) is 10.3 Å². The summed E-state index contributed by atoms with van der Waals surface area (Å²) in [6.45, 7) is 1.62. The van der Waals surface area contributed by atoms with E-state index in [9.17, 15) is 4.79 Å². The van der Waals surface area contributed by atoms with Gasteiger partial charge in [0, 0.05) is 43.4 Å². The molecule has 5 nitrogen and oxygen atoms in total.